The lowest BCUT2D eigenvalue weighted by molar-refractivity contribution is 0.0999. The van der Waals surface area contributed by atoms with Gasteiger partial charge in [0.25, 0.3) is 11.8 Å². The highest BCUT2D eigenvalue weighted by Gasteiger charge is 2.53. The third-order valence-corrected chi connectivity index (χ3v) is 11.2. The molecule has 2 amide bonds. The average molecular weight is 581 g/mol. The molecule has 0 radical (unpaired) electrons. The van der Waals surface area contributed by atoms with Crippen molar-refractivity contribution < 1.29 is 18.0 Å². The van der Waals surface area contributed by atoms with E-state index in [2.05, 4.69) is 37.9 Å². The normalized spacial score (nSPS) is 24.9. The zero-order chi connectivity index (χ0) is 26.8. The van der Waals surface area contributed by atoms with Crippen LogP contribution in [0.5, 0.6) is 0 Å². The standard InChI is InChI=1S/C27H36N4O4S2.ClH/c1-5-30-11-10-20-21(14-30)36-25(22(20)23(28)32)29-24(33)17-6-8-19(9-7-17)37(34,35)31-16-27(4)13-18(31)12-26(2,3)15-27;/h6-9,18H,5,10-16H2,1-4H3,(H2,28,32)(H,29,33);1H. The molecule has 3 N–H and O–H groups in total. The number of nitrogens with zero attached hydrogens (tertiary/aromatic N) is 2. The fourth-order valence-electron chi connectivity index (χ4n) is 6.85. The van der Waals surface area contributed by atoms with Crippen LogP contribution in [0, 0.1) is 10.8 Å². The van der Waals surface area contributed by atoms with Crippen molar-refractivity contribution in [3.05, 3.63) is 45.8 Å². The number of carbonyl (C=O) groups excluding carboxylic acids is 2. The maximum atomic E-state index is 13.6. The minimum atomic E-state index is -3.67. The molecule has 2 bridgehead atoms. The lowest BCUT2D eigenvalue weighted by Crippen LogP contribution is -2.37. The second-order valence-corrected chi connectivity index (χ2v) is 14.9. The summed E-state index contributed by atoms with van der Waals surface area (Å²) in [5.74, 6) is -0.949. The number of nitrogens with one attached hydrogen (secondary N) is 1. The molecule has 1 aromatic carbocycles. The Kier molecular flexibility index (Phi) is 7.79. The first-order chi connectivity index (χ1) is 17.3. The number of carbonyl (C=O) groups is 2. The van der Waals surface area contributed by atoms with Crippen LogP contribution in [-0.4, -0.2) is 55.1 Å². The Morgan fingerprint density at radius 1 is 1.16 bits per heavy atom. The topological polar surface area (TPSA) is 113 Å². The van der Waals surface area contributed by atoms with E-state index in [1.807, 2.05) is 0 Å². The summed E-state index contributed by atoms with van der Waals surface area (Å²) in [5, 5.41) is 3.31. The molecule has 1 aliphatic carbocycles. The number of primary amides is 1. The third-order valence-electron chi connectivity index (χ3n) is 8.15. The zero-order valence-electron chi connectivity index (χ0n) is 22.4. The number of sulfonamides is 1. The van der Waals surface area contributed by atoms with Crippen LogP contribution in [0.4, 0.5) is 5.00 Å². The fraction of sp³-hybridized carbons (Fsp3) is 0.556. The molecule has 1 saturated carbocycles. The van der Waals surface area contributed by atoms with E-state index in [1.54, 1.807) is 4.31 Å². The summed E-state index contributed by atoms with van der Waals surface area (Å²) in [6.45, 7) is 11.7. The molecule has 2 aliphatic heterocycles. The first kappa shape index (κ1) is 29.0. The van der Waals surface area contributed by atoms with Crippen LogP contribution in [0.15, 0.2) is 29.2 Å². The number of hydrogen-bond donors (Lipinski definition) is 2. The quantitative estimate of drug-likeness (QED) is 0.523. The number of rotatable bonds is 6. The van der Waals surface area contributed by atoms with Gasteiger partial charge in [-0.15, -0.1) is 23.7 Å². The van der Waals surface area contributed by atoms with Crippen molar-refractivity contribution in [2.24, 2.45) is 16.6 Å². The van der Waals surface area contributed by atoms with Crippen LogP contribution >= 0.6 is 23.7 Å². The van der Waals surface area contributed by atoms with Crippen molar-refractivity contribution in [2.45, 2.75) is 70.9 Å². The highest BCUT2D eigenvalue weighted by Crippen LogP contribution is 2.53. The van der Waals surface area contributed by atoms with E-state index in [1.165, 1.54) is 35.6 Å². The SMILES string of the molecule is CCN1CCc2c(sc(NC(=O)c3ccc(S(=O)(=O)N4CC5(C)CC4CC(C)(C)C5)cc3)c2C(N)=O)C1.Cl. The Labute approximate surface area is 235 Å². The number of anilines is 1. The largest absolute Gasteiger partial charge is 0.365 e. The number of benzene rings is 1. The van der Waals surface area contributed by atoms with Gasteiger partial charge in [0, 0.05) is 36.1 Å². The minimum absolute atomic E-state index is 0. The molecule has 1 saturated heterocycles. The number of hydrogen-bond acceptors (Lipinski definition) is 6. The van der Waals surface area contributed by atoms with Crippen molar-refractivity contribution in [1.82, 2.24) is 9.21 Å². The fourth-order valence-corrected chi connectivity index (χ4v) is 9.92. The first-order valence-electron chi connectivity index (χ1n) is 12.9. The smallest absolute Gasteiger partial charge is 0.256 e. The molecule has 38 heavy (non-hydrogen) atoms. The molecule has 0 spiro atoms. The van der Waals surface area contributed by atoms with Gasteiger partial charge in [0.1, 0.15) is 5.00 Å². The van der Waals surface area contributed by atoms with Crippen molar-refractivity contribution in [2.75, 3.05) is 25.0 Å². The molecule has 1 aromatic heterocycles. The van der Waals surface area contributed by atoms with E-state index < -0.39 is 21.8 Å². The van der Waals surface area contributed by atoms with Crippen molar-refractivity contribution >= 4 is 50.6 Å². The van der Waals surface area contributed by atoms with Crippen molar-refractivity contribution in [1.29, 1.82) is 0 Å². The van der Waals surface area contributed by atoms with Gasteiger partial charge in [-0.05, 0) is 72.9 Å². The van der Waals surface area contributed by atoms with Gasteiger partial charge in [0.2, 0.25) is 10.0 Å². The molecule has 2 fully saturated rings. The molecule has 2 unspecified atom stereocenters. The highest BCUT2D eigenvalue weighted by molar-refractivity contribution is 7.89. The van der Waals surface area contributed by atoms with E-state index >= 15 is 0 Å². The number of nitrogens with two attached hydrogens (primary N) is 1. The second-order valence-electron chi connectivity index (χ2n) is 11.9. The van der Waals surface area contributed by atoms with Crippen LogP contribution < -0.4 is 11.1 Å². The molecule has 3 heterocycles. The Morgan fingerprint density at radius 2 is 1.84 bits per heavy atom. The third kappa shape index (κ3) is 5.25. The van der Waals surface area contributed by atoms with Gasteiger partial charge in [-0.25, -0.2) is 8.42 Å². The van der Waals surface area contributed by atoms with Gasteiger partial charge in [0.05, 0.1) is 10.5 Å². The van der Waals surface area contributed by atoms with E-state index in [-0.39, 0.29) is 34.2 Å². The van der Waals surface area contributed by atoms with Gasteiger partial charge in [-0.3, -0.25) is 14.5 Å². The highest BCUT2D eigenvalue weighted by atomic mass is 35.5. The number of halogens is 1. The van der Waals surface area contributed by atoms with Gasteiger partial charge in [-0.2, -0.15) is 4.31 Å². The Morgan fingerprint density at radius 3 is 2.47 bits per heavy atom. The zero-order valence-corrected chi connectivity index (χ0v) is 24.8. The minimum Gasteiger partial charge on any atom is -0.365 e. The predicted octanol–water partition coefficient (Wildman–Crippen LogP) is 4.49. The second kappa shape index (κ2) is 10.2. The lowest BCUT2D eigenvalue weighted by Gasteiger charge is -2.39. The summed E-state index contributed by atoms with van der Waals surface area (Å²) in [4.78, 5) is 28.8. The maximum Gasteiger partial charge on any atom is 0.256 e. The number of fused-ring (bicyclic) bond motifs is 3. The van der Waals surface area contributed by atoms with Crippen molar-refractivity contribution in [3.8, 4) is 0 Å². The van der Waals surface area contributed by atoms with Crippen LogP contribution in [0.2, 0.25) is 0 Å². The molecule has 2 atom stereocenters. The van der Waals surface area contributed by atoms with Gasteiger partial charge in [-0.1, -0.05) is 27.7 Å². The molecular weight excluding hydrogens is 544 g/mol. The summed E-state index contributed by atoms with van der Waals surface area (Å²) in [6, 6.07) is 6.09. The summed E-state index contributed by atoms with van der Waals surface area (Å²) in [6.07, 6.45) is 3.47. The molecule has 11 heteroatoms. The van der Waals surface area contributed by atoms with Crippen molar-refractivity contribution in [3.63, 3.8) is 0 Å². The number of likely N-dealkylation sites (N-methyl/N-ethyl adjacent to an activating group) is 1. The molecule has 5 rings (SSSR count). The van der Waals surface area contributed by atoms with Gasteiger partial charge < -0.3 is 11.1 Å². The summed E-state index contributed by atoms with van der Waals surface area (Å²) in [5.41, 5.74) is 7.43. The number of amides is 2. The Balaban J connectivity index is 0.00000336. The van der Waals surface area contributed by atoms with E-state index in [9.17, 15) is 18.0 Å². The monoisotopic (exact) mass is 580 g/mol. The average Bonchev–Trinajstić information content (AvgIpc) is 3.31. The predicted molar refractivity (Wildman–Crippen MR) is 153 cm³/mol. The van der Waals surface area contributed by atoms with E-state index in [0.29, 0.717) is 29.1 Å². The molecular formula is C27H37ClN4O4S2. The maximum absolute atomic E-state index is 13.6. The van der Waals surface area contributed by atoms with Gasteiger partial charge in [0.15, 0.2) is 0 Å². The van der Waals surface area contributed by atoms with Crippen LogP contribution in [-0.2, 0) is 23.0 Å². The Hall–Kier alpha value is -1.98. The summed E-state index contributed by atoms with van der Waals surface area (Å²) in [7, 11) is -3.67. The lowest BCUT2D eigenvalue weighted by atomic mass is 9.65. The Bertz CT molecular complexity index is 1360. The molecule has 2 aromatic rings. The van der Waals surface area contributed by atoms with Crippen LogP contribution in [0.25, 0.3) is 0 Å². The van der Waals surface area contributed by atoms with Crippen LogP contribution in [0.1, 0.15) is 78.1 Å². The van der Waals surface area contributed by atoms with E-state index in [4.69, 9.17) is 5.73 Å². The summed E-state index contributed by atoms with van der Waals surface area (Å²) >= 11 is 1.39. The molecule has 3 aliphatic rings. The number of thiophene rings is 1. The van der Waals surface area contributed by atoms with Crippen LogP contribution in [0.3, 0.4) is 0 Å². The molecule has 8 nitrogen and oxygen atoms in total. The molecule has 208 valence electrons. The van der Waals surface area contributed by atoms with Gasteiger partial charge >= 0.3 is 0 Å². The summed E-state index contributed by atoms with van der Waals surface area (Å²) < 4.78 is 28.8. The first-order valence-corrected chi connectivity index (χ1v) is 15.2. The van der Waals surface area contributed by atoms with E-state index in [0.717, 1.165) is 49.3 Å².